The maximum absolute atomic E-state index is 12.0. The van der Waals surface area contributed by atoms with Crippen LogP contribution in [0.3, 0.4) is 0 Å². The van der Waals surface area contributed by atoms with Crippen LogP contribution in [0.25, 0.3) is 0 Å². The molecule has 0 fully saturated rings. The van der Waals surface area contributed by atoms with E-state index in [0.29, 0.717) is 26.1 Å². The minimum absolute atomic E-state index is 0.141. The Bertz CT molecular complexity index is 709. The van der Waals surface area contributed by atoms with Crippen molar-refractivity contribution in [2.24, 2.45) is 0 Å². The Morgan fingerprint density at radius 2 is 0.604 bits per heavy atom. The van der Waals surface area contributed by atoms with Gasteiger partial charge in [0.2, 0.25) is 0 Å². The maximum Gasteiger partial charge on any atom is 0.305 e. The molecule has 0 unspecified atom stereocenters. The zero-order valence-electron chi connectivity index (χ0n) is 30.9. The summed E-state index contributed by atoms with van der Waals surface area (Å²) in [6.45, 7) is 3.72. The molecular weight excluding hydrogens is 612 g/mol. The second kappa shape index (κ2) is 36.1. The number of hydrogen-bond donors (Lipinski definition) is 1. The Hall–Kier alpha value is -2.16. The van der Waals surface area contributed by atoms with Gasteiger partial charge >= 0.3 is 23.9 Å². The van der Waals surface area contributed by atoms with Crippen molar-refractivity contribution in [2.75, 3.05) is 26.4 Å². The number of ether oxygens (including phenoxy) is 4. The summed E-state index contributed by atoms with van der Waals surface area (Å²) in [5.41, 5.74) is 0. The first kappa shape index (κ1) is 45.8. The van der Waals surface area contributed by atoms with E-state index in [9.17, 15) is 24.3 Å². The first-order chi connectivity index (χ1) is 23.3. The molecule has 0 aromatic carbocycles. The van der Waals surface area contributed by atoms with E-state index in [2.05, 4.69) is 0 Å². The summed E-state index contributed by atoms with van der Waals surface area (Å²) in [6, 6.07) is 0. The Labute approximate surface area is 293 Å². The molecule has 282 valence electrons. The van der Waals surface area contributed by atoms with Crippen LogP contribution < -0.4 is 0 Å². The molecule has 1 N–H and O–H groups in total. The van der Waals surface area contributed by atoms with Crippen LogP contribution in [0.2, 0.25) is 0 Å². The van der Waals surface area contributed by atoms with E-state index in [0.717, 1.165) is 64.2 Å². The van der Waals surface area contributed by atoms with Crippen molar-refractivity contribution in [3.63, 3.8) is 0 Å². The fraction of sp³-hybridized carbons (Fsp3) is 0.897. The lowest BCUT2D eigenvalue weighted by Crippen LogP contribution is -2.25. The number of carbonyl (C=O) groups excluding carboxylic acids is 4. The molecule has 0 aliphatic rings. The van der Waals surface area contributed by atoms with Crippen LogP contribution in [-0.2, 0) is 38.1 Å². The lowest BCUT2D eigenvalue weighted by atomic mass is 10.0. The van der Waals surface area contributed by atoms with Crippen LogP contribution in [0.1, 0.15) is 194 Å². The summed E-state index contributed by atoms with van der Waals surface area (Å²) in [7, 11) is 0. The molecule has 0 aliphatic heterocycles. The molecule has 0 heterocycles. The Balaban J connectivity index is 3.38. The van der Waals surface area contributed by atoms with Crippen LogP contribution >= 0.6 is 0 Å². The molecule has 9 heteroatoms. The summed E-state index contributed by atoms with van der Waals surface area (Å²) in [4.78, 5) is 45.3. The van der Waals surface area contributed by atoms with Gasteiger partial charge in [-0.3, -0.25) is 19.2 Å². The van der Waals surface area contributed by atoms with Gasteiger partial charge < -0.3 is 24.1 Å². The number of carbonyl (C=O) groups is 4. The first-order valence-electron chi connectivity index (χ1n) is 19.6. The maximum atomic E-state index is 12.0. The lowest BCUT2D eigenvalue weighted by molar-refractivity contribution is -0.152. The molecule has 0 spiro atoms. The highest BCUT2D eigenvalue weighted by Gasteiger charge is 2.12. The Morgan fingerprint density at radius 1 is 0.375 bits per heavy atom. The van der Waals surface area contributed by atoms with Crippen molar-refractivity contribution in [2.45, 2.75) is 200 Å². The van der Waals surface area contributed by atoms with Crippen molar-refractivity contribution in [3.8, 4) is 0 Å². The van der Waals surface area contributed by atoms with E-state index >= 15 is 0 Å². The SMILES string of the molecule is CC(=O)OCCCCCCCCCCCCCCCC(=O)OCC(O)COC(=O)CCCCCCCCCCCCCCCOC(C)=O. The highest BCUT2D eigenvalue weighted by Crippen LogP contribution is 2.15. The van der Waals surface area contributed by atoms with Crippen LogP contribution in [0.5, 0.6) is 0 Å². The molecule has 0 saturated heterocycles. The average molecular weight is 685 g/mol. The van der Waals surface area contributed by atoms with Crippen molar-refractivity contribution >= 4 is 23.9 Å². The van der Waals surface area contributed by atoms with Crippen LogP contribution in [-0.4, -0.2) is 61.5 Å². The number of esters is 4. The highest BCUT2D eigenvalue weighted by molar-refractivity contribution is 5.69. The van der Waals surface area contributed by atoms with Gasteiger partial charge in [-0.2, -0.15) is 0 Å². The molecule has 0 aliphatic carbocycles. The molecule has 0 aromatic rings. The molecule has 9 nitrogen and oxygen atoms in total. The quantitative estimate of drug-likeness (QED) is 0.0390. The minimum Gasteiger partial charge on any atom is -0.466 e. The largest absolute Gasteiger partial charge is 0.466 e. The van der Waals surface area contributed by atoms with E-state index in [4.69, 9.17) is 18.9 Å². The predicted molar refractivity (Wildman–Crippen MR) is 190 cm³/mol. The summed E-state index contributed by atoms with van der Waals surface area (Å²) >= 11 is 0. The number of hydrogen-bond acceptors (Lipinski definition) is 9. The standard InChI is InChI=1S/C39H72O9/c1-35(40)45-31-27-23-19-15-11-7-3-5-9-13-17-21-25-29-38(43)47-33-37(42)34-48-39(44)30-26-22-18-14-10-6-4-8-12-16-20-24-28-32-46-36(2)41/h37,42H,3-34H2,1-2H3. The van der Waals surface area contributed by atoms with Gasteiger partial charge in [-0.15, -0.1) is 0 Å². The van der Waals surface area contributed by atoms with E-state index in [-0.39, 0.29) is 37.1 Å². The van der Waals surface area contributed by atoms with Gasteiger partial charge in [0.1, 0.15) is 19.3 Å². The predicted octanol–water partition coefficient (Wildman–Crippen LogP) is 9.48. The third kappa shape index (κ3) is 38.3. The first-order valence-corrected chi connectivity index (χ1v) is 19.6. The summed E-state index contributed by atoms with van der Waals surface area (Å²) < 4.78 is 20.2. The fourth-order valence-corrected chi connectivity index (χ4v) is 5.63. The van der Waals surface area contributed by atoms with Crippen LogP contribution in [0.4, 0.5) is 0 Å². The minimum atomic E-state index is -0.988. The van der Waals surface area contributed by atoms with Gasteiger partial charge in [0.15, 0.2) is 0 Å². The van der Waals surface area contributed by atoms with Gasteiger partial charge in [0.25, 0.3) is 0 Å². The van der Waals surface area contributed by atoms with E-state index < -0.39 is 6.10 Å². The number of rotatable bonds is 36. The molecule has 0 aromatic heterocycles. The number of aliphatic hydroxyl groups excluding tert-OH is 1. The van der Waals surface area contributed by atoms with Crippen LogP contribution in [0, 0.1) is 0 Å². The summed E-state index contributed by atoms with van der Waals surface area (Å²) in [6.07, 6.45) is 29.8. The average Bonchev–Trinajstić information content (AvgIpc) is 3.05. The van der Waals surface area contributed by atoms with E-state index in [1.54, 1.807) is 0 Å². The van der Waals surface area contributed by atoms with Gasteiger partial charge in [-0.05, 0) is 25.7 Å². The fourth-order valence-electron chi connectivity index (χ4n) is 5.63. The molecule has 0 amide bonds. The van der Waals surface area contributed by atoms with Gasteiger partial charge in [-0.25, -0.2) is 0 Å². The van der Waals surface area contributed by atoms with Gasteiger partial charge in [0.05, 0.1) is 13.2 Å². The molecule has 0 radical (unpaired) electrons. The molecule has 48 heavy (non-hydrogen) atoms. The van der Waals surface area contributed by atoms with Crippen molar-refractivity contribution in [1.82, 2.24) is 0 Å². The second-order valence-corrected chi connectivity index (χ2v) is 13.4. The van der Waals surface area contributed by atoms with Crippen molar-refractivity contribution in [1.29, 1.82) is 0 Å². The Kier molecular flexibility index (Phi) is 34.5. The highest BCUT2D eigenvalue weighted by atomic mass is 16.6. The second-order valence-electron chi connectivity index (χ2n) is 13.4. The molecular formula is C39H72O9. The van der Waals surface area contributed by atoms with Crippen molar-refractivity contribution in [3.05, 3.63) is 0 Å². The zero-order valence-corrected chi connectivity index (χ0v) is 30.9. The van der Waals surface area contributed by atoms with Crippen molar-refractivity contribution < 1.29 is 43.2 Å². The topological polar surface area (TPSA) is 125 Å². The molecule has 0 rings (SSSR count). The van der Waals surface area contributed by atoms with E-state index in [1.165, 1.54) is 117 Å². The third-order valence-corrected chi connectivity index (χ3v) is 8.53. The number of aliphatic hydroxyl groups is 1. The smallest absolute Gasteiger partial charge is 0.305 e. The zero-order chi connectivity index (χ0) is 35.3. The lowest BCUT2D eigenvalue weighted by Gasteiger charge is -2.12. The Morgan fingerprint density at radius 3 is 0.854 bits per heavy atom. The van der Waals surface area contributed by atoms with E-state index in [1.807, 2.05) is 0 Å². The summed E-state index contributed by atoms with van der Waals surface area (Å²) in [5, 5.41) is 10.0. The monoisotopic (exact) mass is 685 g/mol. The molecule has 0 atom stereocenters. The number of unbranched alkanes of at least 4 members (excludes halogenated alkanes) is 24. The van der Waals surface area contributed by atoms with Gasteiger partial charge in [-0.1, -0.05) is 141 Å². The summed E-state index contributed by atoms with van der Waals surface area (Å²) in [5.74, 6) is -1.00. The molecule has 0 bridgehead atoms. The normalized spacial score (nSPS) is 11.1. The van der Waals surface area contributed by atoms with Gasteiger partial charge in [0, 0.05) is 26.7 Å². The van der Waals surface area contributed by atoms with Crippen LogP contribution in [0.15, 0.2) is 0 Å². The molecule has 0 saturated carbocycles. The third-order valence-electron chi connectivity index (χ3n) is 8.53.